The molecule has 0 aliphatic rings. The number of fused-ring (bicyclic) bond motifs is 1. The summed E-state index contributed by atoms with van der Waals surface area (Å²) in [5.74, 6) is 0. The fraction of sp³-hybridized carbons (Fsp3) is 0.143. The molecule has 5 heteroatoms. The van der Waals surface area contributed by atoms with E-state index in [0.29, 0.717) is 18.7 Å². The average molecular weight is 344 g/mol. The monoisotopic (exact) mass is 344 g/mol. The molecule has 0 aliphatic carbocycles. The van der Waals surface area contributed by atoms with Crippen molar-refractivity contribution in [2.45, 2.75) is 20.0 Å². The van der Waals surface area contributed by atoms with Gasteiger partial charge < -0.3 is 10.3 Å². The number of hydrogen-bond donors (Lipinski definition) is 2. The van der Waals surface area contributed by atoms with Crippen LogP contribution in [0.3, 0.4) is 0 Å². The number of benzene rings is 2. The van der Waals surface area contributed by atoms with Gasteiger partial charge in [-0.25, -0.2) is 9.78 Å². The average Bonchev–Trinajstić information content (AvgIpc) is 2.97. The number of imidazole rings is 1. The molecule has 2 N–H and O–H groups in total. The van der Waals surface area contributed by atoms with Gasteiger partial charge in [0, 0.05) is 12.2 Å². The lowest BCUT2D eigenvalue weighted by atomic mass is 10.2. The number of aryl methyl sites for hydroxylation is 1. The first-order valence-electron chi connectivity index (χ1n) is 8.62. The minimum Gasteiger partial charge on any atom is -0.379 e. The van der Waals surface area contributed by atoms with Crippen LogP contribution in [0.25, 0.3) is 11.2 Å². The van der Waals surface area contributed by atoms with Gasteiger partial charge >= 0.3 is 5.69 Å². The van der Waals surface area contributed by atoms with Crippen LogP contribution in [0.4, 0.5) is 5.69 Å². The molecule has 2 aromatic heterocycles. The Morgan fingerprint density at radius 2 is 1.65 bits per heavy atom. The number of anilines is 1. The van der Waals surface area contributed by atoms with E-state index in [1.807, 2.05) is 61.5 Å². The summed E-state index contributed by atoms with van der Waals surface area (Å²) in [6.45, 7) is 3.12. The summed E-state index contributed by atoms with van der Waals surface area (Å²) in [7, 11) is 0. The number of nitrogens with zero attached hydrogens (tertiary/aromatic N) is 2. The Morgan fingerprint density at radius 3 is 2.35 bits per heavy atom. The van der Waals surface area contributed by atoms with E-state index in [2.05, 4.69) is 27.4 Å². The van der Waals surface area contributed by atoms with Crippen molar-refractivity contribution in [3.05, 3.63) is 94.0 Å². The molecule has 0 saturated heterocycles. The van der Waals surface area contributed by atoms with Gasteiger partial charge in [-0.05, 0) is 24.1 Å². The van der Waals surface area contributed by atoms with Crippen LogP contribution < -0.4 is 11.0 Å². The normalized spacial score (nSPS) is 11.0. The number of H-pyrrole nitrogens is 1. The Kier molecular flexibility index (Phi) is 4.27. The number of aromatic amines is 1. The Labute approximate surface area is 151 Å². The van der Waals surface area contributed by atoms with Crippen LogP contribution in [-0.2, 0) is 13.1 Å². The Hall–Kier alpha value is -3.34. The van der Waals surface area contributed by atoms with E-state index in [1.54, 1.807) is 4.57 Å². The summed E-state index contributed by atoms with van der Waals surface area (Å²) < 4.78 is 1.69. The molecule has 0 radical (unpaired) electrons. The SMILES string of the molecule is Cc1cc(NCc2ccccc2)c2[nH]c(=O)n(Cc3ccccc3)c2n1. The maximum absolute atomic E-state index is 12.5. The predicted molar refractivity (Wildman–Crippen MR) is 104 cm³/mol. The van der Waals surface area contributed by atoms with Gasteiger partial charge in [0.05, 0.1) is 12.2 Å². The van der Waals surface area contributed by atoms with Crippen LogP contribution in [0.15, 0.2) is 71.5 Å². The first-order chi connectivity index (χ1) is 12.7. The largest absolute Gasteiger partial charge is 0.379 e. The minimum absolute atomic E-state index is 0.148. The highest BCUT2D eigenvalue weighted by atomic mass is 16.1. The molecular formula is C21H20N4O. The van der Waals surface area contributed by atoms with Crippen LogP contribution in [0.2, 0.25) is 0 Å². The maximum atomic E-state index is 12.5. The van der Waals surface area contributed by atoms with E-state index in [4.69, 9.17) is 0 Å². The maximum Gasteiger partial charge on any atom is 0.328 e. The van der Waals surface area contributed by atoms with E-state index >= 15 is 0 Å². The second-order valence-electron chi connectivity index (χ2n) is 6.35. The van der Waals surface area contributed by atoms with Crippen LogP contribution in [0.5, 0.6) is 0 Å². The van der Waals surface area contributed by atoms with Crippen molar-refractivity contribution >= 4 is 16.9 Å². The molecule has 0 atom stereocenters. The zero-order valence-corrected chi connectivity index (χ0v) is 14.6. The zero-order chi connectivity index (χ0) is 17.9. The molecule has 0 amide bonds. The third kappa shape index (κ3) is 3.24. The fourth-order valence-electron chi connectivity index (χ4n) is 3.09. The Bertz CT molecular complexity index is 1080. The van der Waals surface area contributed by atoms with Gasteiger partial charge in [0.1, 0.15) is 5.52 Å². The van der Waals surface area contributed by atoms with E-state index in [0.717, 1.165) is 22.5 Å². The lowest BCUT2D eigenvalue weighted by molar-refractivity contribution is 0.777. The smallest absolute Gasteiger partial charge is 0.328 e. The van der Waals surface area contributed by atoms with Crippen molar-refractivity contribution in [1.29, 1.82) is 0 Å². The molecule has 2 heterocycles. The molecule has 4 rings (SSSR count). The number of hydrogen-bond acceptors (Lipinski definition) is 3. The molecule has 4 aromatic rings. The molecule has 26 heavy (non-hydrogen) atoms. The van der Waals surface area contributed by atoms with E-state index in [1.165, 1.54) is 5.56 Å². The van der Waals surface area contributed by atoms with Crippen molar-refractivity contribution < 1.29 is 0 Å². The first kappa shape index (κ1) is 16.1. The van der Waals surface area contributed by atoms with E-state index in [-0.39, 0.29) is 5.69 Å². The highest BCUT2D eigenvalue weighted by Gasteiger charge is 2.13. The standard InChI is InChI=1S/C21H20N4O/c1-15-12-18(22-13-16-8-4-2-5-9-16)19-20(23-15)25(21(26)24-19)14-17-10-6-3-7-11-17/h2-12H,13-14H2,1H3,(H,22,23)(H,24,26). The van der Waals surface area contributed by atoms with Gasteiger partial charge in [-0.1, -0.05) is 60.7 Å². The Balaban J connectivity index is 1.71. The molecule has 0 unspecified atom stereocenters. The quantitative estimate of drug-likeness (QED) is 0.580. The summed E-state index contributed by atoms with van der Waals surface area (Å²) >= 11 is 0. The van der Waals surface area contributed by atoms with Crippen molar-refractivity contribution in [1.82, 2.24) is 14.5 Å². The number of pyridine rings is 1. The van der Waals surface area contributed by atoms with Gasteiger partial charge in [0.15, 0.2) is 5.65 Å². The Morgan fingerprint density at radius 1 is 1.00 bits per heavy atom. The van der Waals surface area contributed by atoms with Crippen LogP contribution in [-0.4, -0.2) is 14.5 Å². The number of nitrogens with one attached hydrogen (secondary N) is 2. The van der Waals surface area contributed by atoms with Gasteiger partial charge in [-0.3, -0.25) is 4.57 Å². The lowest BCUT2D eigenvalue weighted by Crippen LogP contribution is -2.17. The first-order valence-corrected chi connectivity index (χ1v) is 8.62. The molecule has 0 saturated carbocycles. The molecule has 0 fully saturated rings. The van der Waals surface area contributed by atoms with Crippen LogP contribution in [0.1, 0.15) is 16.8 Å². The lowest BCUT2D eigenvalue weighted by Gasteiger charge is -2.09. The number of aromatic nitrogens is 3. The van der Waals surface area contributed by atoms with Crippen molar-refractivity contribution in [3.63, 3.8) is 0 Å². The second kappa shape index (κ2) is 6.88. The summed E-state index contributed by atoms with van der Waals surface area (Å²) in [4.78, 5) is 20.1. The fourth-order valence-corrected chi connectivity index (χ4v) is 3.09. The van der Waals surface area contributed by atoms with E-state index in [9.17, 15) is 4.79 Å². The molecular weight excluding hydrogens is 324 g/mol. The van der Waals surface area contributed by atoms with Crippen LogP contribution >= 0.6 is 0 Å². The van der Waals surface area contributed by atoms with Crippen LogP contribution in [0, 0.1) is 6.92 Å². The van der Waals surface area contributed by atoms with Crippen molar-refractivity contribution in [3.8, 4) is 0 Å². The highest BCUT2D eigenvalue weighted by molar-refractivity contribution is 5.86. The molecule has 0 spiro atoms. The minimum atomic E-state index is -0.148. The zero-order valence-electron chi connectivity index (χ0n) is 14.6. The highest BCUT2D eigenvalue weighted by Crippen LogP contribution is 2.21. The summed E-state index contributed by atoms with van der Waals surface area (Å²) in [5, 5.41) is 3.43. The van der Waals surface area contributed by atoms with E-state index < -0.39 is 0 Å². The second-order valence-corrected chi connectivity index (χ2v) is 6.35. The van der Waals surface area contributed by atoms with Gasteiger partial charge in [-0.15, -0.1) is 0 Å². The van der Waals surface area contributed by atoms with Gasteiger partial charge in [-0.2, -0.15) is 0 Å². The van der Waals surface area contributed by atoms with Crippen molar-refractivity contribution in [2.75, 3.05) is 5.32 Å². The third-order valence-corrected chi connectivity index (χ3v) is 4.37. The molecule has 5 nitrogen and oxygen atoms in total. The molecule has 0 aliphatic heterocycles. The molecule has 2 aromatic carbocycles. The summed E-state index contributed by atoms with van der Waals surface area (Å²) in [6, 6.07) is 22.1. The number of rotatable bonds is 5. The van der Waals surface area contributed by atoms with Crippen molar-refractivity contribution in [2.24, 2.45) is 0 Å². The van der Waals surface area contributed by atoms with Gasteiger partial charge in [0.25, 0.3) is 0 Å². The molecule has 130 valence electrons. The predicted octanol–water partition coefficient (Wildman–Crippen LogP) is 3.69. The topological polar surface area (TPSA) is 62.7 Å². The molecule has 0 bridgehead atoms. The summed E-state index contributed by atoms with van der Waals surface area (Å²) in [5.41, 5.74) is 5.28. The van der Waals surface area contributed by atoms with Gasteiger partial charge in [0.2, 0.25) is 0 Å². The summed E-state index contributed by atoms with van der Waals surface area (Å²) in [6.07, 6.45) is 0. The third-order valence-electron chi connectivity index (χ3n) is 4.37.